The number of nitrogens with one attached hydrogen (secondary N) is 1. The first-order valence-corrected chi connectivity index (χ1v) is 11.8. The van der Waals surface area contributed by atoms with Gasteiger partial charge >= 0.3 is 6.09 Å². The summed E-state index contributed by atoms with van der Waals surface area (Å²) in [6, 6.07) is 13.6. The predicted octanol–water partition coefficient (Wildman–Crippen LogP) is 5.64. The minimum Gasteiger partial charge on any atom is -0.491 e. The molecule has 0 saturated heterocycles. The summed E-state index contributed by atoms with van der Waals surface area (Å²) in [5.74, 6) is 1.31. The second-order valence-electron chi connectivity index (χ2n) is 9.93. The van der Waals surface area contributed by atoms with Gasteiger partial charge in [-0.3, -0.25) is 4.40 Å². The molecular weight excluding hydrogens is 498 g/mol. The quantitative estimate of drug-likeness (QED) is 0.350. The number of carbonyl (C=O) groups is 1. The Hall–Kier alpha value is -3.20. The van der Waals surface area contributed by atoms with Crippen LogP contribution in [0.5, 0.6) is 5.75 Å². The van der Waals surface area contributed by atoms with Gasteiger partial charge in [0.25, 0.3) is 0 Å². The molecule has 0 saturated carbocycles. The lowest BCUT2D eigenvalue weighted by molar-refractivity contribution is 0.0493. The zero-order valence-electron chi connectivity index (χ0n) is 19.9. The predicted molar refractivity (Wildman–Crippen MR) is 135 cm³/mol. The van der Waals surface area contributed by atoms with E-state index in [0.29, 0.717) is 30.4 Å². The van der Waals surface area contributed by atoms with Crippen molar-refractivity contribution in [1.82, 2.24) is 24.9 Å². The smallest absolute Gasteiger partial charge is 0.407 e. The fourth-order valence-electron chi connectivity index (χ4n) is 3.35. The van der Waals surface area contributed by atoms with Gasteiger partial charge in [0.1, 0.15) is 22.6 Å². The van der Waals surface area contributed by atoms with Gasteiger partial charge in [-0.05, 0) is 61.0 Å². The molecule has 0 radical (unpaired) electrons. The number of carbonyl (C=O) groups excluding carboxylic acids is 1. The number of aromatic nitrogens is 4. The number of ether oxygens (including phenoxy) is 2. The van der Waals surface area contributed by atoms with Gasteiger partial charge in [-0.2, -0.15) is 0 Å². The van der Waals surface area contributed by atoms with Crippen molar-refractivity contribution in [3.05, 3.63) is 53.1 Å². The number of rotatable bonds is 6. The Bertz CT molecular complexity index is 1340. The Morgan fingerprint density at radius 2 is 1.85 bits per heavy atom. The average molecular weight is 526 g/mol. The van der Waals surface area contributed by atoms with Gasteiger partial charge in [0.15, 0.2) is 11.5 Å². The molecule has 3 heterocycles. The van der Waals surface area contributed by atoms with E-state index >= 15 is 0 Å². The Labute approximate surface area is 206 Å². The molecule has 0 spiro atoms. The summed E-state index contributed by atoms with van der Waals surface area (Å²) in [6.45, 7) is 10.3. The van der Waals surface area contributed by atoms with Crippen LogP contribution in [-0.2, 0) is 4.74 Å². The van der Waals surface area contributed by atoms with Crippen molar-refractivity contribution in [2.24, 2.45) is 5.41 Å². The molecule has 1 aromatic carbocycles. The molecule has 0 aliphatic rings. The van der Waals surface area contributed by atoms with Crippen molar-refractivity contribution in [2.45, 2.75) is 40.2 Å². The molecule has 34 heavy (non-hydrogen) atoms. The second-order valence-corrected chi connectivity index (χ2v) is 10.8. The standard InChI is InChI=1S/C25H28BrN5O3/c1-24(2,3)34-23(32)27-14-25(4,5)15-33-19-8-6-7-16-9-11-18(28-21(16)19)22-30-29-20-12-10-17(26)13-31(20)22/h6-13H,14-15H2,1-5H3,(H,27,32). The zero-order chi connectivity index (χ0) is 24.5. The molecule has 0 aliphatic heterocycles. The third-order valence-electron chi connectivity index (χ3n) is 5.01. The number of pyridine rings is 2. The summed E-state index contributed by atoms with van der Waals surface area (Å²) >= 11 is 3.50. The molecule has 4 rings (SSSR count). The lowest BCUT2D eigenvalue weighted by atomic mass is 9.95. The third-order valence-corrected chi connectivity index (χ3v) is 5.48. The van der Waals surface area contributed by atoms with Gasteiger partial charge in [-0.15, -0.1) is 10.2 Å². The highest BCUT2D eigenvalue weighted by Crippen LogP contribution is 2.29. The van der Waals surface area contributed by atoms with Crippen molar-refractivity contribution in [3.8, 4) is 17.3 Å². The number of fused-ring (bicyclic) bond motifs is 2. The van der Waals surface area contributed by atoms with Crippen LogP contribution in [0, 0.1) is 5.41 Å². The third kappa shape index (κ3) is 5.64. The van der Waals surface area contributed by atoms with E-state index in [1.165, 1.54) is 0 Å². The second kappa shape index (κ2) is 9.21. The van der Waals surface area contributed by atoms with Crippen LogP contribution in [-0.4, -0.2) is 44.4 Å². The number of alkyl carbamates (subject to hydrolysis) is 1. The van der Waals surface area contributed by atoms with Crippen molar-refractivity contribution in [1.29, 1.82) is 0 Å². The van der Waals surface area contributed by atoms with Crippen LogP contribution in [0.15, 0.2) is 53.1 Å². The number of para-hydroxylation sites is 1. The summed E-state index contributed by atoms with van der Waals surface area (Å²) in [7, 11) is 0. The van der Waals surface area contributed by atoms with E-state index in [1.807, 2.05) is 87.7 Å². The molecule has 4 aromatic rings. The van der Waals surface area contributed by atoms with E-state index in [1.54, 1.807) is 0 Å². The average Bonchev–Trinajstić information content (AvgIpc) is 3.18. The Kier molecular flexibility index (Phi) is 6.49. The largest absolute Gasteiger partial charge is 0.491 e. The SMILES string of the molecule is CC(C)(CNC(=O)OC(C)(C)C)COc1cccc2ccc(-c3nnc4ccc(Br)cn34)nc12. The number of hydrogen-bond donors (Lipinski definition) is 1. The normalized spacial score (nSPS) is 12.2. The number of nitrogens with zero attached hydrogens (tertiary/aromatic N) is 4. The summed E-state index contributed by atoms with van der Waals surface area (Å²) in [5.41, 5.74) is 1.31. The van der Waals surface area contributed by atoms with Gasteiger partial charge in [0.05, 0.1) is 6.61 Å². The maximum absolute atomic E-state index is 12.0. The van der Waals surface area contributed by atoms with Crippen LogP contribution < -0.4 is 10.1 Å². The molecule has 0 bridgehead atoms. The van der Waals surface area contributed by atoms with E-state index in [9.17, 15) is 4.79 Å². The maximum Gasteiger partial charge on any atom is 0.407 e. The van der Waals surface area contributed by atoms with Crippen LogP contribution in [0.1, 0.15) is 34.6 Å². The molecule has 0 unspecified atom stereocenters. The van der Waals surface area contributed by atoms with Crippen LogP contribution in [0.4, 0.5) is 4.79 Å². The highest BCUT2D eigenvalue weighted by Gasteiger charge is 2.23. The number of amides is 1. The molecule has 0 aliphatic carbocycles. The lowest BCUT2D eigenvalue weighted by Crippen LogP contribution is -2.40. The molecule has 0 atom stereocenters. The van der Waals surface area contributed by atoms with Crippen molar-refractivity contribution < 1.29 is 14.3 Å². The van der Waals surface area contributed by atoms with E-state index < -0.39 is 11.7 Å². The van der Waals surface area contributed by atoms with Crippen LogP contribution in [0.3, 0.4) is 0 Å². The molecule has 178 valence electrons. The Balaban J connectivity index is 1.54. The van der Waals surface area contributed by atoms with Crippen LogP contribution in [0.25, 0.3) is 28.1 Å². The zero-order valence-corrected chi connectivity index (χ0v) is 21.5. The van der Waals surface area contributed by atoms with Crippen molar-refractivity contribution in [3.63, 3.8) is 0 Å². The maximum atomic E-state index is 12.0. The van der Waals surface area contributed by atoms with Gasteiger partial charge in [-0.25, -0.2) is 9.78 Å². The van der Waals surface area contributed by atoms with Crippen molar-refractivity contribution >= 4 is 38.6 Å². The van der Waals surface area contributed by atoms with Gasteiger partial charge < -0.3 is 14.8 Å². The minimum absolute atomic E-state index is 0.327. The first-order valence-electron chi connectivity index (χ1n) is 11.0. The van der Waals surface area contributed by atoms with Gasteiger partial charge in [0.2, 0.25) is 0 Å². The Morgan fingerprint density at radius 1 is 1.06 bits per heavy atom. The molecular formula is C25H28BrN5O3. The van der Waals surface area contributed by atoms with E-state index in [2.05, 4.69) is 31.4 Å². The van der Waals surface area contributed by atoms with E-state index in [0.717, 1.165) is 21.0 Å². The highest BCUT2D eigenvalue weighted by molar-refractivity contribution is 9.10. The summed E-state index contributed by atoms with van der Waals surface area (Å²) in [6.07, 6.45) is 1.48. The molecule has 3 aromatic heterocycles. The molecule has 1 N–H and O–H groups in total. The Morgan fingerprint density at radius 3 is 2.62 bits per heavy atom. The summed E-state index contributed by atoms with van der Waals surface area (Å²) in [5, 5.41) is 12.4. The molecule has 8 nitrogen and oxygen atoms in total. The first kappa shape index (κ1) is 23.9. The fourth-order valence-corrected chi connectivity index (χ4v) is 3.69. The van der Waals surface area contributed by atoms with E-state index in [-0.39, 0.29) is 5.41 Å². The number of hydrogen-bond acceptors (Lipinski definition) is 6. The van der Waals surface area contributed by atoms with Gasteiger partial charge in [0, 0.05) is 28.0 Å². The monoisotopic (exact) mass is 525 g/mol. The highest BCUT2D eigenvalue weighted by atomic mass is 79.9. The molecule has 1 amide bonds. The van der Waals surface area contributed by atoms with E-state index in [4.69, 9.17) is 14.5 Å². The number of benzene rings is 1. The minimum atomic E-state index is -0.539. The number of halogens is 1. The van der Waals surface area contributed by atoms with Crippen molar-refractivity contribution in [2.75, 3.05) is 13.2 Å². The summed E-state index contributed by atoms with van der Waals surface area (Å²) < 4.78 is 14.3. The molecule has 0 fully saturated rings. The molecule has 9 heteroatoms. The first-order chi connectivity index (χ1) is 16.0. The topological polar surface area (TPSA) is 90.6 Å². The fraction of sp³-hybridized carbons (Fsp3) is 0.360. The lowest BCUT2D eigenvalue weighted by Gasteiger charge is -2.26. The van der Waals surface area contributed by atoms with Crippen LogP contribution >= 0.6 is 15.9 Å². The van der Waals surface area contributed by atoms with Crippen LogP contribution in [0.2, 0.25) is 0 Å². The summed E-state index contributed by atoms with van der Waals surface area (Å²) in [4.78, 5) is 16.9. The van der Waals surface area contributed by atoms with Gasteiger partial charge in [-0.1, -0.05) is 32.0 Å².